The molecule has 2 aromatic carbocycles. The number of amides is 2. The molecule has 15 heteroatoms. The molecule has 1 aliphatic carbocycles. The summed E-state index contributed by atoms with van der Waals surface area (Å²) in [7, 11) is 3.15. The summed E-state index contributed by atoms with van der Waals surface area (Å²) in [6.45, 7) is 0.358. The number of rotatable bonds is 10. The molecule has 248 valence electrons. The molecular weight excluding hydrogens is 631 g/mol. The van der Waals surface area contributed by atoms with Gasteiger partial charge in [-0.15, -0.1) is 0 Å². The fourth-order valence-corrected chi connectivity index (χ4v) is 5.62. The van der Waals surface area contributed by atoms with Crippen molar-refractivity contribution in [1.82, 2.24) is 24.7 Å². The highest BCUT2D eigenvalue weighted by molar-refractivity contribution is 6.04. The second kappa shape index (κ2) is 13.1. The van der Waals surface area contributed by atoms with Gasteiger partial charge in [-0.1, -0.05) is 12.1 Å². The molecule has 0 unspecified atom stereocenters. The average molecular weight is 662 g/mol. The number of ether oxygens (including phenoxy) is 2. The number of pyridine rings is 1. The van der Waals surface area contributed by atoms with Crippen LogP contribution in [0.5, 0.6) is 11.5 Å². The molecule has 12 nitrogen and oxygen atoms in total. The number of benzene rings is 2. The van der Waals surface area contributed by atoms with Crippen LogP contribution in [0.15, 0.2) is 73.2 Å². The zero-order valence-electron chi connectivity index (χ0n) is 25.7. The first-order chi connectivity index (χ1) is 23.0. The van der Waals surface area contributed by atoms with E-state index in [1.807, 2.05) is 16.5 Å². The number of carbonyl (C=O) groups excluding carboxylic acids is 1. The largest absolute Gasteiger partial charge is 0.497 e. The van der Waals surface area contributed by atoms with Crippen molar-refractivity contribution < 1.29 is 37.3 Å². The molecular formula is C33H30F3N7O5. The lowest BCUT2D eigenvalue weighted by atomic mass is 9.80. The van der Waals surface area contributed by atoms with Crippen LogP contribution >= 0.6 is 0 Å². The lowest BCUT2D eigenvalue weighted by molar-refractivity contribution is -0.137. The number of nitrogens with one attached hydrogen (secondary N) is 3. The summed E-state index contributed by atoms with van der Waals surface area (Å²) in [6.07, 6.45) is -0.0889. The lowest BCUT2D eigenvalue weighted by Gasteiger charge is -2.34. The summed E-state index contributed by atoms with van der Waals surface area (Å²) >= 11 is 0. The van der Waals surface area contributed by atoms with Crippen molar-refractivity contribution >= 4 is 29.2 Å². The van der Waals surface area contributed by atoms with E-state index in [1.54, 1.807) is 56.9 Å². The Kier molecular flexibility index (Phi) is 8.76. The Labute approximate surface area is 272 Å². The smallest absolute Gasteiger partial charge is 0.416 e. The van der Waals surface area contributed by atoms with Crippen LogP contribution in [0.3, 0.4) is 0 Å². The molecule has 0 atom stereocenters. The first kappa shape index (κ1) is 32.1. The predicted octanol–water partition coefficient (Wildman–Crippen LogP) is 6.21. The summed E-state index contributed by atoms with van der Waals surface area (Å²) in [4.78, 5) is 37.5. The summed E-state index contributed by atoms with van der Waals surface area (Å²) in [6, 6.07) is 13.4. The van der Waals surface area contributed by atoms with Crippen LogP contribution in [0, 0.1) is 0 Å². The van der Waals surface area contributed by atoms with Crippen LogP contribution in [0.1, 0.15) is 46.1 Å². The molecule has 0 bridgehead atoms. The van der Waals surface area contributed by atoms with E-state index >= 15 is 0 Å². The van der Waals surface area contributed by atoms with E-state index in [2.05, 4.69) is 25.9 Å². The predicted molar refractivity (Wildman–Crippen MR) is 169 cm³/mol. The third-order valence-electron chi connectivity index (χ3n) is 8.10. The number of imidazole rings is 1. The number of carbonyl (C=O) groups is 2. The van der Waals surface area contributed by atoms with Gasteiger partial charge in [0.2, 0.25) is 0 Å². The molecule has 1 aliphatic rings. The van der Waals surface area contributed by atoms with Crippen molar-refractivity contribution in [1.29, 1.82) is 0 Å². The van der Waals surface area contributed by atoms with Gasteiger partial charge in [0.1, 0.15) is 34.4 Å². The quantitative estimate of drug-likeness (QED) is 0.137. The number of anilines is 2. The van der Waals surface area contributed by atoms with Crippen LogP contribution < -0.4 is 25.4 Å². The SMILES string of the molecule is COc1ccc(CNc2nccn3c(C4CC(NC(=O)O)C4)nc(-c4ccc(C(=O)Nc5cc(C(F)(F)F)ccn5)cc4)c23)c(OC)c1. The zero-order valence-corrected chi connectivity index (χ0v) is 25.7. The summed E-state index contributed by atoms with van der Waals surface area (Å²) in [5.41, 5.74) is 2.03. The van der Waals surface area contributed by atoms with Crippen molar-refractivity contribution in [3.8, 4) is 22.8 Å². The van der Waals surface area contributed by atoms with Crippen LogP contribution in [0.4, 0.5) is 29.6 Å². The number of nitrogens with zero attached hydrogens (tertiary/aromatic N) is 4. The maximum absolute atomic E-state index is 13.1. The number of aromatic nitrogens is 4. The van der Waals surface area contributed by atoms with Crippen molar-refractivity contribution in [3.63, 3.8) is 0 Å². The maximum Gasteiger partial charge on any atom is 0.416 e. The van der Waals surface area contributed by atoms with Gasteiger partial charge in [0.05, 0.1) is 19.8 Å². The van der Waals surface area contributed by atoms with Crippen LogP contribution in [-0.2, 0) is 12.7 Å². The zero-order chi connectivity index (χ0) is 34.0. The highest BCUT2D eigenvalue weighted by atomic mass is 19.4. The number of halogens is 3. The Morgan fingerprint density at radius 1 is 1.00 bits per heavy atom. The number of fused-ring (bicyclic) bond motifs is 1. The maximum atomic E-state index is 13.1. The van der Waals surface area contributed by atoms with Crippen molar-refractivity contribution in [2.24, 2.45) is 0 Å². The molecule has 48 heavy (non-hydrogen) atoms. The van der Waals surface area contributed by atoms with Gasteiger partial charge in [-0.2, -0.15) is 13.2 Å². The van der Waals surface area contributed by atoms with E-state index in [9.17, 15) is 22.8 Å². The van der Waals surface area contributed by atoms with Crippen LogP contribution in [0.2, 0.25) is 0 Å². The fraction of sp³-hybridized carbons (Fsp3) is 0.242. The van der Waals surface area contributed by atoms with Crippen LogP contribution in [-0.4, -0.2) is 56.7 Å². The molecule has 5 aromatic rings. The van der Waals surface area contributed by atoms with Crippen molar-refractivity contribution in [3.05, 3.63) is 95.7 Å². The molecule has 0 saturated heterocycles. The number of methoxy groups -OCH3 is 2. The lowest BCUT2D eigenvalue weighted by Crippen LogP contribution is -2.43. The van der Waals surface area contributed by atoms with E-state index in [1.165, 1.54) is 0 Å². The van der Waals surface area contributed by atoms with Gasteiger partial charge in [0.15, 0.2) is 5.82 Å². The van der Waals surface area contributed by atoms with Gasteiger partial charge < -0.3 is 30.5 Å². The molecule has 3 aromatic heterocycles. The standard InChI is InChI=1S/C33H30F3N7O5/c1-47-24-8-7-20(25(16-24)48-2)17-39-29-28-27(42-30(43(28)12-11-38-29)21-13-23(14-21)40-32(45)46)18-3-5-19(6-4-18)31(44)41-26-15-22(9-10-37-26)33(34,35)36/h3-12,15-16,21,23,40H,13-14,17H2,1-2H3,(H,38,39)(H,45,46)(H,37,41,44). The van der Waals surface area contributed by atoms with Gasteiger partial charge in [-0.05, 0) is 49.2 Å². The minimum absolute atomic E-state index is 0.0231. The first-order valence-corrected chi connectivity index (χ1v) is 14.8. The van der Waals surface area contributed by atoms with E-state index in [-0.39, 0.29) is 23.3 Å². The summed E-state index contributed by atoms with van der Waals surface area (Å²) in [5, 5.41) is 17.4. The normalized spacial score (nSPS) is 15.8. The first-order valence-electron chi connectivity index (χ1n) is 14.8. The third-order valence-corrected chi connectivity index (χ3v) is 8.10. The number of hydrogen-bond donors (Lipinski definition) is 4. The van der Waals surface area contributed by atoms with Crippen LogP contribution in [0.25, 0.3) is 16.8 Å². The Morgan fingerprint density at radius 3 is 2.46 bits per heavy atom. The molecule has 0 spiro atoms. The number of alkyl halides is 3. The fourth-order valence-electron chi connectivity index (χ4n) is 5.62. The molecule has 4 N–H and O–H groups in total. The average Bonchev–Trinajstić information content (AvgIpc) is 3.44. The van der Waals surface area contributed by atoms with Gasteiger partial charge in [-0.25, -0.2) is 19.7 Å². The van der Waals surface area contributed by atoms with Gasteiger partial charge >= 0.3 is 12.3 Å². The second-order valence-electron chi connectivity index (χ2n) is 11.1. The molecule has 1 saturated carbocycles. The third kappa shape index (κ3) is 6.65. The Bertz CT molecular complexity index is 1980. The molecule has 3 heterocycles. The Balaban J connectivity index is 1.31. The highest BCUT2D eigenvalue weighted by Gasteiger charge is 2.35. The Hall–Kier alpha value is -5.86. The van der Waals surface area contributed by atoms with Gasteiger partial charge in [0, 0.05) is 59.9 Å². The number of carboxylic acid groups (broad SMARTS) is 1. The van der Waals surface area contributed by atoms with Crippen molar-refractivity contribution in [2.75, 3.05) is 24.9 Å². The highest BCUT2D eigenvalue weighted by Crippen LogP contribution is 2.40. The molecule has 0 aliphatic heterocycles. The van der Waals surface area contributed by atoms with E-state index in [0.29, 0.717) is 53.5 Å². The van der Waals surface area contributed by atoms with Gasteiger partial charge in [-0.3, -0.25) is 9.20 Å². The van der Waals surface area contributed by atoms with E-state index in [4.69, 9.17) is 19.6 Å². The minimum Gasteiger partial charge on any atom is -0.497 e. The monoisotopic (exact) mass is 661 g/mol. The molecule has 1 fully saturated rings. The summed E-state index contributed by atoms with van der Waals surface area (Å²) < 4.78 is 52.2. The molecule has 2 amide bonds. The van der Waals surface area contributed by atoms with Crippen molar-refractivity contribution in [2.45, 2.75) is 37.5 Å². The Morgan fingerprint density at radius 2 is 1.77 bits per heavy atom. The van der Waals surface area contributed by atoms with Gasteiger partial charge in [0.25, 0.3) is 5.91 Å². The summed E-state index contributed by atoms with van der Waals surface area (Å²) in [5.74, 6) is 1.66. The second-order valence-corrected chi connectivity index (χ2v) is 11.1. The minimum atomic E-state index is -4.58. The van der Waals surface area contributed by atoms with E-state index < -0.39 is 23.7 Å². The number of hydrogen-bond acceptors (Lipinski definition) is 8. The molecule has 0 radical (unpaired) electrons. The van der Waals surface area contributed by atoms with E-state index in [0.717, 1.165) is 29.7 Å². The topological polar surface area (TPSA) is 152 Å². The molecule has 6 rings (SSSR count).